The van der Waals surface area contributed by atoms with Crippen molar-refractivity contribution in [2.24, 2.45) is 7.05 Å². The van der Waals surface area contributed by atoms with Crippen molar-refractivity contribution in [2.45, 2.75) is 31.8 Å². The zero-order chi connectivity index (χ0) is 21.1. The second kappa shape index (κ2) is 8.28. The van der Waals surface area contributed by atoms with E-state index in [0.717, 1.165) is 16.5 Å². The van der Waals surface area contributed by atoms with Crippen LogP contribution in [0.3, 0.4) is 0 Å². The number of hydrogen-bond donors (Lipinski definition) is 1. The van der Waals surface area contributed by atoms with Crippen molar-refractivity contribution < 1.29 is 14.3 Å². The third-order valence-corrected chi connectivity index (χ3v) is 5.67. The maximum absolute atomic E-state index is 13.5. The van der Waals surface area contributed by atoms with Crippen LogP contribution >= 0.6 is 0 Å². The van der Waals surface area contributed by atoms with E-state index in [9.17, 15) is 9.59 Å². The van der Waals surface area contributed by atoms with Gasteiger partial charge >= 0.3 is 0 Å². The van der Waals surface area contributed by atoms with E-state index in [-0.39, 0.29) is 18.4 Å². The van der Waals surface area contributed by atoms with Crippen LogP contribution in [0.4, 0.5) is 5.69 Å². The molecule has 0 saturated carbocycles. The number of aryl methyl sites for hydroxylation is 1. The summed E-state index contributed by atoms with van der Waals surface area (Å²) in [6.45, 7) is 2.64. The lowest BCUT2D eigenvalue weighted by molar-refractivity contribution is -0.135. The van der Waals surface area contributed by atoms with Crippen LogP contribution in [0.5, 0.6) is 0 Å². The first-order valence-electron chi connectivity index (χ1n) is 10.1. The molecule has 1 aliphatic heterocycles. The SMILES string of the molecule is CC(=O)N(c1ccc2c(cnn2C)c1)C1(C(=O)NCc2ccccc2)CCCOC1. The number of ether oxygens (including phenoxy) is 1. The Hall–Kier alpha value is -3.19. The molecule has 1 aromatic heterocycles. The summed E-state index contributed by atoms with van der Waals surface area (Å²) in [5.41, 5.74) is 1.55. The summed E-state index contributed by atoms with van der Waals surface area (Å²) in [5.74, 6) is -0.397. The number of benzene rings is 2. The van der Waals surface area contributed by atoms with E-state index >= 15 is 0 Å². The summed E-state index contributed by atoms with van der Waals surface area (Å²) in [6, 6.07) is 15.4. The summed E-state index contributed by atoms with van der Waals surface area (Å²) in [5, 5.41) is 8.22. The predicted octanol–water partition coefficient (Wildman–Crippen LogP) is 2.79. The first kappa shape index (κ1) is 20.1. The second-order valence-corrected chi connectivity index (χ2v) is 7.72. The highest BCUT2D eigenvalue weighted by atomic mass is 16.5. The van der Waals surface area contributed by atoms with Gasteiger partial charge in [0.1, 0.15) is 5.54 Å². The Kier molecular flexibility index (Phi) is 5.55. The van der Waals surface area contributed by atoms with Crippen LogP contribution in [0, 0.1) is 0 Å². The number of anilines is 1. The molecule has 156 valence electrons. The highest BCUT2D eigenvalue weighted by Crippen LogP contribution is 2.34. The van der Waals surface area contributed by atoms with Crippen molar-refractivity contribution in [1.29, 1.82) is 0 Å². The quantitative estimate of drug-likeness (QED) is 0.707. The predicted molar refractivity (Wildman–Crippen MR) is 115 cm³/mol. The van der Waals surface area contributed by atoms with Crippen molar-refractivity contribution in [3.63, 3.8) is 0 Å². The molecule has 4 rings (SSSR count). The monoisotopic (exact) mass is 406 g/mol. The maximum Gasteiger partial charge on any atom is 0.249 e. The van der Waals surface area contributed by atoms with Crippen LogP contribution in [0.15, 0.2) is 54.7 Å². The van der Waals surface area contributed by atoms with E-state index in [2.05, 4.69) is 10.4 Å². The smallest absolute Gasteiger partial charge is 0.249 e. The van der Waals surface area contributed by atoms with Gasteiger partial charge in [0.15, 0.2) is 0 Å². The molecule has 7 nitrogen and oxygen atoms in total. The Morgan fingerprint density at radius 3 is 2.73 bits per heavy atom. The van der Waals surface area contributed by atoms with E-state index < -0.39 is 5.54 Å². The summed E-state index contributed by atoms with van der Waals surface area (Å²) in [6.07, 6.45) is 3.01. The third-order valence-electron chi connectivity index (χ3n) is 5.67. The van der Waals surface area contributed by atoms with Crippen LogP contribution in [-0.2, 0) is 27.9 Å². The number of hydrogen-bond acceptors (Lipinski definition) is 4. The number of aromatic nitrogens is 2. The summed E-state index contributed by atoms with van der Waals surface area (Å²) < 4.78 is 7.51. The van der Waals surface area contributed by atoms with Crippen LogP contribution in [0.2, 0.25) is 0 Å². The fourth-order valence-corrected chi connectivity index (χ4v) is 4.20. The molecule has 1 N–H and O–H groups in total. The minimum Gasteiger partial charge on any atom is -0.378 e. The number of carbonyl (C=O) groups is 2. The Balaban J connectivity index is 1.69. The topological polar surface area (TPSA) is 76.5 Å². The normalized spacial score (nSPS) is 18.9. The zero-order valence-electron chi connectivity index (χ0n) is 17.3. The van der Waals surface area contributed by atoms with Crippen molar-refractivity contribution >= 4 is 28.4 Å². The number of amides is 2. The van der Waals surface area contributed by atoms with Gasteiger partial charge in [-0.2, -0.15) is 5.10 Å². The van der Waals surface area contributed by atoms with Gasteiger partial charge in [-0.15, -0.1) is 0 Å². The molecule has 1 aliphatic rings. The fourth-order valence-electron chi connectivity index (χ4n) is 4.20. The molecule has 2 heterocycles. The van der Waals surface area contributed by atoms with Crippen LogP contribution < -0.4 is 10.2 Å². The third kappa shape index (κ3) is 3.68. The minimum atomic E-state index is -1.09. The van der Waals surface area contributed by atoms with Gasteiger partial charge in [0.25, 0.3) is 0 Å². The van der Waals surface area contributed by atoms with Crippen LogP contribution in [0.1, 0.15) is 25.3 Å². The molecule has 1 unspecified atom stereocenters. The van der Waals surface area contributed by atoms with Crippen molar-refractivity contribution in [1.82, 2.24) is 15.1 Å². The molecule has 30 heavy (non-hydrogen) atoms. The van der Waals surface area contributed by atoms with E-state index in [4.69, 9.17) is 4.74 Å². The van der Waals surface area contributed by atoms with Gasteiger partial charge in [-0.05, 0) is 36.6 Å². The summed E-state index contributed by atoms with van der Waals surface area (Å²) in [4.78, 5) is 27.9. The molecule has 1 fully saturated rings. The Labute approximate surface area is 175 Å². The maximum atomic E-state index is 13.5. The largest absolute Gasteiger partial charge is 0.378 e. The van der Waals surface area contributed by atoms with Crippen molar-refractivity contribution in [3.05, 3.63) is 60.3 Å². The molecule has 7 heteroatoms. The summed E-state index contributed by atoms with van der Waals surface area (Å²) >= 11 is 0. The molecule has 1 atom stereocenters. The molecule has 3 aromatic rings. The number of nitrogens with zero attached hydrogens (tertiary/aromatic N) is 3. The Bertz CT molecular complexity index is 1050. The molecule has 0 bridgehead atoms. The van der Waals surface area contributed by atoms with Gasteiger partial charge in [-0.25, -0.2) is 0 Å². The lowest BCUT2D eigenvalue weighted by Gasteiger charge is -2.44. The van der Waals surface area contributed by atoms with E-state index in [1.165, 1.54) is 6.92 Å². The Morgan fingerprint density at radius 2 is 2.03 bits per heavy atom. The highest BCUT2D eigenvalue weighted by molar-refractivity contribution is 6.04. The lowest BCUT2D eigenvalue weighted by atomic mass is 9.88. The minimum absolute atomic E-state index is 0.165. The molecule has 0 spiro atoms. The molecule has 2 aromatic carbocycles. The van der Waals surface area contributed by atoms with Gasteiger partial charge in [0.2, 0.25) is 11.8 Å². The fraction of sp³-hybridized carbons (Fsp3) is 0.348. The lowest BCUT2D eigenvalue weighted by Crippen LogP contribution is -2.64. The van der Waals surface area contributed by atoms with Crippen LogP contribution in [0.25, 0.3) is 10.9 Å². The number of carbonyl (C=O) groups excluding carboxylic acids is 2. The standard InChI is InChI=1S/C23H26N4O3/c1-17(28)27(20-9-10-21-19(13-20)15-25-26(21)2)23(11-6-12-30-16-23)22(29)24-14-18-7-4-3-5-8-18/h3-5,7-10,13,15H,6,11-12,14,16H2,1-2H3,(H,24,29). The van der Waals surface area contributed by atoms with Gasteiger partial charge in [0.05, 0.1) is 18.3 Å². The average molecular weight is 406 g/mol. The first-order chi connectivity index (χ1) is 14.5. The van der Waals surface area contributed by atoms with Crippen molar-refractivity contribution in [2.75, 3.05) is 18.1 Å². The van der Waals surface area contributed by atoms with Gasteiger partial charge < -0.3 is 10.1 Å². The summed E-state index contributed by atoms with van der Waals surface area (Å²) in [7, 11) is 1.87. The number of nitrogens with one attached hydrogen (secondary N) is 1. The van der Waals surface area contributed by atoms with E-state index in [0.29, 0.717) is 31.7 Å². The van der Waals surface area contributed by atoms with Gasteiger partial charge in [0, 0.05) is 38.2 Å². The van der Waals surface area contributed by atoms with Crippen molar-refractivity contribution in [3.8, 4) is 0 Å². The zero-order valence-corrected chi connectivity index (χ0v) is 17.3. The first-order valence-corrected chi connectivity index (χ1v) is 10.1. The van der Waals surface area contributed by atoms with Gasteiger partial charge in [-0.3, -0.25) is 19.2 Å². The molecule has 1 saturated heterocycles. The van der Waals surface area contributed by atoms with E-state index in [1.807, 2.05) is 55.6 Å². The molecule has 2 amide bonds. The Morgan fingerprint density at radius 1 is 1.23 bits per heavy atom. The number of rotatable bonds is 5. The highest BCUT2D eigenvalue weighted by Gasteiger charge is 2.48. The molecule has 0 aliphatic carbocycles. The molecule has 0 radical (unpaired) electrons. The van der Waals surface area contributed by atoms with E-state index in [1.54, 1.807) is 15.8 Å². The van der Waals surface area contributed by atoms with Crippen LogP contribution in [-0.4, -0.2) is 40.3 Å². The molecular weight excluding hydrogens is 380 g/mol. The van der Waals surface area contributed by atoms with Gasteiger partial charge in [-0.1, -0.05) is 30.3 Å². The average Bonchev–Trinajstić information content (AvgIpc) is 3.13. The molecular formula is C23H26N4O3. The second-order valence-electron chi connectivity index (χ2n) is 7.72. The number of fused-ring (bicyclic) bond motifs is 1.